The minimum absolute atomic E-state index is 0.424. The highest BCUT2D eigenvalue weighted by Gasteiger charge is 2.06. The van der Waals surface area contributed by atoms with Crippen molar-refractivity contribution in [3.8, 4) is 0 Å². The number of hydrogen-bond donors (Lipinski definition) is 2. The quantitative estimate of drug-likeness (QED) is 0.624. The van der Waals surface area contributed by atoms with Gasteiger partial charge in [-0.3, -0.25) is 4.99 Å². The molecule has 0 amide bonds. The number of guanidine groups is 1. The molecule has 1 aromatic heterocycles. The van der Waals surface area contributed by atoms with Gasteiger partial charge >= 0.3 is 0 Å². The molecule has 2 N–H and O–H groups in total. The fourth-order valence-electron chi connectivity index (χ4n) is 1.57. The van der Waals surface area contributed by atoms with Crippen LogP contribution in [0.3, 0.4) is 0 Å². The third-order valence-electron chi connectivity index (χ3n) is 2.81. The standard InChI is InChI=1S/C13H23N3O/c1-6-9(2)16-13(14-5)15-8-12-7-10(3)17-11(12)4/h7,9H,6,8H2,1-5H3,(H2,14,15,16). The van der Waals surface area contributed by atoms with Crippen molar-refractivity contribution in [1.29, 1.82) is 0 Å². The van der Waals surface area contributed by atoms with Gasteiger partial charge in [0.15, 0.2) is 5.96 Å². The molecule has 96 valence electrons. The van der Waals surface area contributed by atoms with Crippen LogP contribution in [0.25, 0.3) is 0 Å². The van der Waals surface area contributed by atoms with Crippen molar-refractivity contribution in [3.05, 3.63) is 23.2 Å². The van der Waals surface area contributed by atoms with E-state index in [2.05, 4.69) is 35.5 Å². The number of aliphatic imine (C=N–C) groups is 1. The summed E-state index contributed by atoms with van der Waals surface area (Å²) < 4.78 is 5.48. The van der Waals surface area contributed by atoms with Crippen molar-refractivity contribution < 1.29 is 4.42 Å². The van der Waals surface area contributed by atoms with Crippen molar-refractivity contribution in [1.82, 2.24) is 10.6 Å². The van der Waals surface area contributed by atoms with Crippen molar-refractivity contribution in [2.45, 2.75) is 46.7 Å². The maximum atomic E-state index is 5.48. The van der Waals surface area contributed by atoms with Crippen molar-refractivity contribution >= 4 is 5.96 Å². The van der Waals surface area contributed by atoms with Crippen LogP contribution in [0.2, 0.25) is 0 Å². The van der Waals surface area contributed by atoms with Crippen LogP contribution in [0.5, 0.6) is 0 Å². The molecule has 0 aromatic carbocycles. The van der Waals surface area contributed by atoms with E-state index in [1.165, 1.54) is 5.56 Å². The van der Waals surface area contributed by atoms with Gasteiger partial charge in [-0.15, -0.1) is 0 Å². The molecule has 0 radical (unpaired) electrons. The molecule has 0 aliphatic heterocycles. The fourth-order valence-corrected chi connectivity index (χ4v) is 1.57. The third-order valence-corrected chi connectivity index (χ3v) is 2.81. The number of hydrogen-bond acceptors (Lipinski definition) is 2. The lowest BCUT2D eigenvalue weighted by Crippen LogP contribution is -2.41. The van der Waals surface area contributed by atoms with Gasteiger partial charge in [-0.25, -0.2) is 0 Å². The molecular weight excluding hydrogens is 214 g/mol. The van der Waals surface area contributed by atoms with Crippen LogP contribution in [-0.2, 0) is 6.54 Å². The van der Waals surface area contributed by atoms with E-state index in [1.54, 1.807) is 7.05 Å². The number of rotatable bonds is 4. The summed E-state index contributed by atoms with van der Waals surface area (Å²) in [5.41, 5.74) is 1.18. The minimum atomic E-state index is 0.424. The molecule has 0 saturated carbocycles. The molecule has 1 rings (SSSR count). The molecule has 0 saturated heterocycles. The Labute approximate surface area is 104 Å². The Bertz CT molecular complexity index is 382. The SMILES string of the molecule is CCC(C)NC(=NC)NCc1cc(C)oc1C. The van der Waals surface area contributed by atoms with Gasteiger partial charge in [0, 0.05) is 25.2 Å². The van der Waals surface area contributed by atoms with Gasteiger partial charge in [-0.1, -0.05) is 6.92 Å². The van der Waals surface area contributed by atoms with E-state index in [1.807, 2.05) is 13.8 Å². The van der Waals surface area contributed by atoms with Crippen LogP contribution < -0.4 is 10.6 Å². The molecule has 0 fully saturated rings. The van der Waals surface area contributed by atoms with Crippen molar-refractivity contribution in [2.24, 2.45) is 4.99 Å². The molecule has 17 heavy (non-hydrogen) atoms. The Kier molecular flexibility index (Phi) is 5.07. The van der Waals surface area contributed by atoms with E-state index < -0.39 is 0 Å². The molecule has 1 heterocycles. The largest absolute Gasteiger partial charge is 0.466 e. The summed E-state index contributed by atoms with van der Waals surface area (Å²) in [5.74, 6) is 2.75. The topological polar surface area (TPSA) is 49.6 Å². The number of nitrogens with zero attached hydrogens (tertiary/aromatic N) is 1. The fraction of sp³-hybridized carbons (Fsp3) is 0.615. The lowest BCUT2D eigenvalue weighted by Gasteiger charge is -2.16. The van der Waals surface area contributed by atoms with Crippen LogP contribution in [-0.4, -0.2) is 19.0 Å². The molecule has 1 atom stereocenters. The third kappa shape index (κ3) is 4.13. The Hall–Kier alpha value is -1.45. The zero-order valence-corrected chi connectivity index (χ0v) is 11.4. The van der Waals surface area contributed by atoms with Crippen LogP contribution in [0.1, 0.15) is 37.4 Å². The van der Waals surface area contributed by atoms with E-state index in [9.17, 15) is 0 Å². The zero-order chi connectivity index (χ0) is 12.8. The summed E-state index contributed by atoms with van der Waals surface area (Å²) in [5, 5.41) is 6.61. The van der Waals surface area contributed by atoms with Crippen LogP contribution in [0.15, 0.2) is 15.5 Å². The van der Waals surface area contributed by atoms with Crippen molar-refractivity contribution in [3.63, 3.8) is 0 Å². The Morgan fingerprint density at radius 2 is 2.18 bits per heavy atom. The summed E-state index contributed by atoms with van der Waals surface area (Å²) in [4.78, 5) is 4.19. The van der Waals surface area contributed by atoms with E-state index in [0.29, 0.717) is 6.04 Å². The first-order valence-corrected chi connectivity index (χ1v) is 6.09. The summed E-state index contributed by atoms with van der Waals surface area (Å²) in [6.45, 7) is 8.96. The average molecular weight is 237 g/mol. The normalized spacial score (nSPS) is 13.6. The maximum Gasteiger partial charge on any atom is 0.191 e. The minimum Gasteiger partial charge on any atom is -0.466 e. The van der Waals surface area contributed by atoms with Gasteiger partial charge in [-0.2, -0.15) is 0 Å². The Morgan fingerprint density at radius 3 is 2.65 bits per heavy atom. The van der Waals surface area contributed by atoms with E-state index in [4.69, 9.17) is 4.42 Å². The van der Waals surface area contributed by atoms with E-state index in [-0.39, 0.29) is 0 Å². The highest BCUT2D eigenvalue weighted by Crippen LogP contribution is 2.12. The van der Waals surface area contributed by atoms with Gasteiger partial charge in [0.05, 0.1) is 0 Å². The van der Waals surface area contributed by atoms with Gasteiger partial charge in [0.2, 0.25) is 0 Å². The molecule has 4 nitrogen and oxygen atoms in total. The highest BCUT2D eigenvalue weighted by molar-refractivity contribution is 5.79. The Balaban J connectivity index is 2.51. The second kappa shape index (κ2) is 6.33. The van der Waals surface area contributed by atoms with Gasteiger partial charge in [0.1, 0.15) is 11.5 Å². The molecule has 1 unspecified atom stereocenters. The molecule has 0 aliphatic rings. The maximum absolute atomic E-state index is 5.48. The lowest BCUT2D eigenvalue weighted by atomic mass is 10.2. The predicted molar refractivity (Wildman–Crippen MR) is 71.3 cm³/mol. The summed E-state index contributed by atoms with van der Waals surface area (Å²) in [6, 6.07) is 2.48. The summed E-state index contributed by atoms with van der Waals surface area (Å²) >= 11 is 0. The van der Waals surface area contributed by atoms with Gasteiger partial charge < -0.3 is 15.1 Å². The van der Waals surface area contributed by atoms with Crippen LogP contribution >= 0.6 is 0 Å². The van der Waals surface area contributed by atoms with Gasteiger partial charge in [-0.05, 0) is 33.3 Å². The first-order chi connectivity index (χ1) is 8.06. The number of nitrogens with one attached hydrogen (secondary N) is 2. The highest BCUT2D eigenvalue weighted by atomic mass is 16.3. The van der Waals surface area contributed by atoms with Crippen molar-refractivity contribution in [2.75, 3.05) is 7.05 Å². The monoisotopic (exact) mass is 237 g/mol. The first kappa shape index (κ1) is 13.6. The average Bonchev–Trinajstić information content (AvgIpc) is 2.62. The van der Waals surface area contributed by atoms with E-state index >= 15 is 0 Å². The first-order valence-electron chi connectivity index (χ1n) is 6.09. The molecule has 4 heteroatoms. The Morgan fingerprint density at radius 1 is 1.47 bits per heavy atom. The number of aryl methyl sites for hydroxylation is 2. The summed E-state index contributed by atoms with van der Waals surface area (Å²) in [7, 11) is 1.78. The molecule has 0 spiro atoms. The second-order valence-electron chi connectivity index (χ2n) is 4.32. The smallest absolute Gasteiger partial charge is 0.191 e. The zero-order valence-electron chi connectivity index (χ0n) is 11.4. The predicted octanol–water partition coefficient (Wildman–Crippen LogP) is 2.36. The number of furan rings is 1. The van der Waals surface area contributed by atoms with Crippen LogP contribution in [0.4, 0.5) is 0 Å². The second-order valence-corrected chi connectivity index (χ2v) is 4.32. The van der Waals surface area contributed by atoms with E-state index in [0.717, 1.165) is 30.4 Å². The molecule has 0 aliphatic carbocycles. The van der Waals surface area contributed by atoms with Gasteiger partial charge in [0.25, 0.3) is 0 Å². The lowest BCUT2D eigenvalue weighted by molar-refractivity contribution is 0.500. The molecule has 1 aromatic rings. The summed E-state index contributed by atoms with van der Waals surface area (Å²) in [6.07, 6.45) is 1.07. The van der Waals surface area contributed by atoms with Crippen LogP contribution in [0, 0.1) is 13.8 Å². The molecule has 0 bridgehead atoms. The molecular formula is C13H23N3O.